The van der Waals surface area contributed by atoms with Crippen molar-refractivity contribution in [1.82, 2.24) is 5.32 Å². The van der Waals surface area contributed by atoms with Gasteiger partial charge in [0.1, 0.15) is 0 Å². The van der Waals surface area contributed by atoms with Gasteiger partial charge >= 0.3 is 0 Å². The summed E-state index contributed by atoms with van der Waals surface area (Å²) in [6.45, 7) is 5.68. The van der Waals surface area contributed by atoms with Crippen molar-refractivity contribution in [3.05, 3.63) is 0 Å². The Bertz CT molecular complexity index is 161. The molecule has 1 atom stereocenters. The average Bonchev–Trinajstić information content (AvgIpc) is 2.19. The molecule has 0 radical (unpaired) electrons. The van der Waals surface area contributed by atoms with Gasteiger partial charge in [-0.15, -0.1) is 0 Å². The van der Waals surface area contributed by atoms with Gasteiger partial charge in [0.05, 0.1) is 12.2 Å². The second-order valence-electron chi connectivity index (χ2n) is 3.61. The highest BCUT2D eigenvalue weighted by atomic mass is 16.3. The van der Waals surface area contributed by atoms with E-state index >= 15 is 0 Å². The first kappa shape index (κ1) is 13.4. The molecular formula is C11H22N2O. The van der Waals surface area contributed by atoms with Crippen LogP contribution in [0.2, 0.25) is 0 Å². The molecular weight excluding hydrogens is 176 g/mol. The molecule has 82 valence electrons. The number of nitrogens with zero attached hydrogens (tertiary/aromatic N) is 1. The van der Waals surface area contributed by atoms with E-state index in [1.165, 1.54) is 0 Å². The van der Waals surface area contributed by atoms with Crippen LogP contribution < -0.4 is 5.32 Å². The quantitative estimate of drug-likeness (QED) is 0.583. The molecule has 0 rings (SSSR count). The minimum absolute atomic E-state index is 0.243. The average molecular weight is 198 g/mol. The van der Waals surface area contributed by atoms with Crippen molar-refractivity contribution < 1.29 is 5.11 Å². The van der Waals surface area contributed by atoms with E-state index in [0.717, 1.165) is 25.8 Å². The summed E-state index contributed by atoms with van der Waals surface area (Å²) in [6.07, 6.45) is 3.27. The van der Waals surface area contributed by atoms with Crippen LogP contribution in [-0.4, -0.2) is 24.3 Å². The largest absolute Gasteiger partial charge is 0.392 e. The number of nitrogens with one attached hydrogen (secondary N) is 1. The van der Waals surface area contributed by atoms with Crippen molar-refractivity contribution in [3.63, 3.8) is 0 Å². The van der Waals surface area contributed by atoms with Gasteiger partial charge in [0.15, 0.2) is 0 Å². The van der Waals surface area contributed by atoms with Crippen molar-refractivity contribution in [2.75, 3.05) is 13.1 Å². The highest BCUT2D eigenvalue weighted by Gasteiger charge is 2.14. The lowest BCUT2D eigenvalue weighted by Gasteiger charge is -2.20. The number of hydrogen-bond acceptors (Lipinski definition) is 3. The van der Waals surface area contributed by atoms with Crippen LogP contribution in [0.15, 0.2) is 0 Å². The first-order valence-electron chi connectivity index (χ1n) is 5.51. The summed E-state index contributed by atoms with van der Waals surface area (Å²) in [5, 5.41) is 21.2. The van der Waals surface area contributed by atoms with Gasteiger partial charge in [-0.25, -0.2) is 0 Å². The third-order valence-corrected chi connectivity index (χ3v) is 2.59. The molecule has 0 aliphatic carbocycles. The Kier molecular flexibility index (Phi) is 8.61. The molecule has 0 aromatic rings. The zero-order valence-electron chi connectivity index (χ0n) is 9.29. The normalized spacial score (nSPS) is 12.8. The summed E-state index contributed by atoms with van der Waals surface area (Å²) in [4.78, 5) is 0. The Morgan fingerprint density at radius 3 is 2.50 bits per heavy atom. The van der Waals surface area contributed by atoms with Crippen LogP contribution in [-0.2, 0) is 0 Å². The molecule has 0 spiro atoms. The molecule has 0 aromatic carbocycles. The minimum atomic E-state index is -0.243. The molecule has 0 fully saturated rings. The molecule has 0 aliphatic rings. The summed E-state index contributed by atoms with van der Waals surface area (Å²) in [7, 11) is 0. The van der Waals surface area contributed by atoms with Crippen molar-refractivity contribution in [1.29, 1.82) is 5.26 Å². The Morgan fingerprint density at radius 2 is 2.00 bits per heavy atom. The molecule has 0 saturated carbocycles. The van der Waals surface area contributed by atoms with E-state index in [2.05, 4.69) is 25.2 Å². The highest BCUT2D eigenvalue weighted by molar-refractivity contribution is 4.71. The molecule has 0 aromatic heterocycles. The second-order valence-corrected chi connectivity index (χ2v) is 3.61. The standard InChI is InChI=1S/C11H22N2O/c1-3-10(4-2)11(14)9-13-8-6-5-7-12/h10-11,13-14H,3-6,8-9H2,1-2H3. The number of aliphatic hydroxyl groups is 1. The Morgan fingerprint density at radius 1 is 1.36 bits per heavy atom. The van der Waals surface area contributed by atoms with Gasteiger partial charge in [-0.3, -0.25) is 0 Å². The Hall–Kier alpha value is -0.590. The number of hydrogen-bond donors (Lipinski definition) is 2. The minimum Gasteiger partial charge on any atom is -0.392 e. The summed E-state index contributed by atoms with van der Waals surface area (Å²) < 4.78 is 0. The van der Waals surface area contributed by atoms with E-state index in [4.69, 9.17) is 5.26 Å². The van der Waals surface area contributed by atoms with Crippen molar-refractivity contribution in [2.24, 2.45) is 5.92 Å². The first-order chi connectivity index (χ1) is 6.76. The molecule has 0 aliphatic heterocycles. The summed E-state index contributed by atoms with van der Waals surface area (Å²) in [6, 6.07) is 2.10. The number of aliphatic hydroxyl groups excluding tert-OH is 1. The monoisotopic (exact) mass is 198 g/mol. The summed E-state index contributed by atoms with van der Waals surface area (Å²) in [5.74, 6) is 0.401. The Balaban J connectivity index is 3.43. The zero-order chi connectivity index (χ0) is 10.8. The number of unbranched alkanes of at least 4 members (excludes halogenated alkanes) is 1. The van der Waals surface area contributed by atoms with E-state index in [1.807, 2.05) is 0 Å². The third kappa shape index (κ3) is 5.95. The maximum Gasteiger partial charge on any atom is 0.0692 e. The van der Waals surface area contributed by atoms with Crippen LogP contribution in [0.3, 0.4) is 0 Å². The van der Waals surface area contributed by atoms with Crippen LogP contribution >= 0.6 is 0 Å². The molecule has 2 N–H and O–H groups in total. The molecule has 0 bridgehead atoms. The fraction of sp³-hybridized carbons (Fsp3) is 0.909. The molecule has 0 heterocycles. The predicted molar refractivity (Wildman–Crippen MR) is 57.8 cm³/mol. The van der Waals surface area contributed by atoms with Gasteiger partial charge in [-0.2, -0.15) is 5.26 Å². The number of rotatable bonds is 8. The number of nitriles is 1. The molecule has 3 heteroatoms. The van der Waals surface area contributed by atoms with E-state index in [-0.39, 0.29) is 6.10 Å². The van der Waals surface area contributed by atoms with Crippen LogP contribution in [0.25, 0.3) is 0 Å². The van der Waals surface area contributed by atoms with Gasteiger partial charge in [-0.05, 0) is 18.9 Å². The third-order valence-electron chi connectivity index (χ3n) is 2.59. The highest BCUT2D eigenvalue weighted by Crippen LogP contribution is 2.11. The van der Waals surface area contributed by atoms with E-state index in [1.54, 1.807) is 0 Å². The predicted octanol–water partition coefficient (Wildman–Crippen LogP) is 1.68. The van der Waals surface area contributed by atoms with Crippen molar-refractivity contribution in [3.8, 4) is 6.07 Å². The van der Waals surface area contributed by atoms with E-state index in [0.29, 0.717) is 18.9 Å². The van der Waals surface area contributed by atoms with Gasteiger partial charge in [-0.1, -0.05) is 26.7 Å². The summed E-state index contributed by atoms with van der Waals surface area (Å²) >= 11 is 0. The maximum atomic E-state index is 9.74. The SMILES string of the molecule is CCC(CC)C(O)CNCCCC#N. The Labute approximate surface area is 87.1 Å². The van der Waals surface area contributed by atoms with Gasteiger partial charge in [0.2, 0.25) is 0 Å². The molecule has 0 saturated heterocycles. The fourth-order valence-electron chi connectivity index (χ4n) is 1.54. The lowest BCUT2D eigenvalue weighted by atomic mass is 9.96. The van der Waals surface area contributed by atoms with Gasteiger partial charge < -0.3 is 10.4 Å². The van der Waals surface area contributed by atoms with Crippen molar-refractivity contribution >= 4 is 0 Å². The summed E-state index contributed by atoms with van der Waals surface area (Å²) in [5.41, 5.74) is 0. The van der Waals surface area contributed by atoms with Gasteiger partial charge in [0, 0.05) is 13.0 Å². The molecule has 14 heavy (non-hydrogen) atoms. The first-order valence-corrected chi connectivity index (χ1v) is 5.51. The van der Waals surface area contributed by atoms with Crippen LogP contribution in [0, 0.1) is 17.2 Å². The van der Waals surface area contributed by atoms with Crippen LogP contribution in [0.5, 0.6) is 0 Å². The lowest BCUT2D eigenvalue weighted by Crippen LogP contribution is -2.32. The molecule has 3 nitrogen and oxygen atoms in total. The smallest absolute Gasteiger partial charge is 0.0692 e. The second kappa shape index (κ2) is 8.98. The lowest BCUT2D eigenvalue weighted by molar-refractivity contribution is 0.102. The van der Waals surface area contributed by atoms with Crippen molar-refractivity contribution in [2.45, 2.75) is 45.6 Å². The van der Waals surface area contributed by atoms with Crippen LogP contribution in [0.4, 0.5) is 0 Å². The van der Waals surface area contributed by atoms with Gasteiger partial charge in [0.25, 0.3) is 0 Å². The van der Waals surface area contributed by atoms with Crippen LogP contribution in [0.1, 0.15) is 39.5 Å². The maximum absolute atomic E-state index is 9.74. The topological polar surface area (TPSA) is 56.0 Å². The van der Waals surface area contributed by atoms with E-state index in [9.17, 15) is 5.11 Å². The molecule has 0 amide bonds. The van der Waals surface area contributed by atoms with E-state index < -0.39 is 0 Å². The fourth-order valence-corrected chi connectivity index (χ4v) is 1.54. The molecule has 1 unspecified atom stereocenters. The zero-order valence-corrected chi connectivity index (χ0v) is 9.29.